The second-order valence-electron chi connectivity index (χ2n) is 7.33. The molecule has 8 heteroatoms. The van der Waals surface area contributed by atoms with Gasteiger partial charge in [-0.3, -0.25) is 19.4 Å². The summed E-state index contributed by atoms with van der Waals surface area (Å²) in [5.74, 6) is -1.46. The van der Waals surface area contributed by atoms with Crippen LogP contribution in [0.2, 0.25) is 0 Å². The molecule has 0 bridgehead atoms. The van der Waals surface area contributed by atoms with Crippen LogP contribution in [0.15, 0.2) is 53.3 Å². The van der Waals surface area contributed by atoms with Crippen molar-refractivity contribution >= 4 is 35.0 Å². The van der Waals surface area contributed by atoms with Crippen molar-refractivity contribution in [1.29, 1.82) is 0 Å². The Morgan fingerprint density at radius 2 is 1.57 bits per heavy atom. The molecule has 0 spiro atoms. The van der Waals surface area contributed by atoms with E-state index in [9.17, 15) is 14.4 Å². The van der Waals surface area contributed by atoms with E-state index < -0.39 is 17.4 Å². The molecule has 1 atom stereocenters. The minimum atomic E-state index is -0.931. The average Bonchev–Trinajstić information content (AvgIpc) is 2.70. The number of aromatic nitrogens is 2. The first-order valence-electron chi connectivity index (χ1n) is 9.54. The number of nitrogens with zero attached hydrogens (tertiary/aromatic N) is 1. The first-order chi connectivity index (χ1) is 14.4. The molecule has 0 unspecified atom stereocenters. The summed E-state index contributed by atoms with van der Waals surface area (Å²) in [5, 5.41) is 8.38. The Bertz CT molecular complexity index is 1170. The predicted octanol–water partition coefficient (Wildman–Crippen LogP) is 3.19. The summed E-state index contributed by atoms with van der Waals surface area (Å²) in [7, 11) is 0. The number of carbonyl (C=O) groups is 2. The number of rotatable bonds is 4. The summed E-state index contributed by atoms with van der Waals surface area (Å²) in [4.78, 5) is 44.8. The van der Waals surface area contributed by atoms with Gasteiger partial charge in [-0.2, -0.15) is 4.98 Å². The minimum Gasteiger partial charge on any atom is -0.326 e. The maximum Gasteiger partial charge on any atom is 0.258 e. The van der Waals surface area contributed by atoms with Crippen LogP contribution in [0, 0.1) is 13.8 Å². The number of hydrogen-bond donors (Lipinski definition) is 4. The van der Waals surface area contributed by atoms with E-state index in [0.717, 1.165) is 16.8 Å². The van der Waals surface area contributed by atoms with Crippen molar-refractivity contribution < 1.29 is 9.59 Å². The van der Waals surface area contributed by atoms with Gasteiger partial charge in [-0.25, -0.2) is 0 Å². The molecule has 8 nitrogen and oxygen atoms in total. The lowest BCUT2D eigenvalue weighted by molar-refractivity contribution is -0.123. The number of hydrogen-bond acceptors (Lipinski definition) is 5. The lowest BCUT2D eigenvalue weighted by Crippen LogP contribution is -2.36. The topological polar surface area (TPSA) is 116 Å². The molecule has 4 N–H and O–H groups in total. The number of nitrogens with one attached hydrogen (secondary N) is 4. The van der Waals surface area contributed by atoms with Gasteiger partial charge in [-0.1, -0.05) is 35.4 Å². The van der Waals surface area contributed by atoms with E-state index in [1.54, 1.807) is 12.1 Å². The maximum absolute atomic E-state index is 12.8. The number of fused-ring (bicyclic) bond motifs is 1. The molecule has 30 heavy (non-hydrogen) atoms. The van der Waals surface area contributed by atoms with Crippen LogP contribution in [0.25, 0.3) is 0 Å². The van der Waals surface area contributed by atoms with E-state index in [1.165, 1.54) is 0 Å². The highest BCUT2D eigenvalue weighted by Crippen LogP contribution is 2.30. The standard InChI is InChI=1S/C22H21N5O3/c1-12-3-7-14(8-4-12)23-20(29)16-11-17(28)25-19-18(16)21(30)27-22(26-19)24-15-9-5-13(2)6-10-15/h3-10,16H,11H2,1-2H3,(H,23,29)(H3,24,25,26,27,28,30)/t16-/m1/s1. The fraction of sp³-hybridized carbons (Fsp3) is 0.182. The normalized spacial score (nSPS) is 15.1. The third-order valence-corrected chi connectivity index (χ3v) is 4.90. The van der Waals surface area contributed by atoms with E-state index in [4.69, 9.17) is 0 Å². The van der Waals surface area contributed by atoms with Gasteiger partial charge >= 0.3 is 0 Å². The fourth-order valence-electron chi connectivity index (χ4n) is 3.29. The zero-order valence-corrected chi connectivity index (χ0v) is 16.6. The van der Waals surface area contributed by atoms with Crippen molar-refractivity contribution in [3.05, 3.63) is 75.6 Å². The van der Waals surface area contributed by atoms with Gasteiger partial charge in [-0.15, -0.1) is 0 Å². The zero-order chi connectivity index (χ0) is 21.3. The van der Waals surface area contributed by atoms with Crippen LogP contribution >= 0.6 is 0 Å². The van der Waals surface area contributed by atoms with Gasteiger partial charge in [0.2, 0.25) is 17.8 Å². The molecule has 1 aliphatic heterocycles. The van der Waals surface area contributed by atoms with E-state index in [1.807, 2.05) is 50.2 Å². The van der Waals surface area contributed by atoms with Crippen molar-refractivity contribution in [1.82, 2.24) is 9.97 Å². The van der Waals surface area contributed by atoms with Crippen molar-refractivity contribution in [2.24, 2.45) is 0 Å². The van der Waals surface area contributed by atoms with Gasteiger partial charge in [0.25, 0.3) is 5.56 Å². The van der Waals surface area contributed by atoms with Crippen molar-refractivity contribution in [3.63, 3.8) is 0 Å². The molecule has 4 rings (SSSR count). The Balaban J connectivity index is 1.62. The summed E-state index contributed by atoms with van der Waals surface area (Å²) < 4.78 is 0. The largest absolute Gasteiger partial charge is 0.326 e. The minimum absolute atomic E-state index is 0.0914. The van der Waals surface area contributed by atoms with E-state index in [0.29, 0.717) is 5.69 Å². The van der Waals surface area contributed by atoms with E-state index in [-0.39, 0.29) is 29.7 Å². The van der Waals surface area contributed by atoms with Crippen LogP contribution in [0.3, 0.4) is 0 Å². The van der Waals surface area contributed by atoms with Gasteiger partial charge in [-0.05, 0) is 38.1 Å². The number of amides is 2. The smallest absolute Gasteiger partial charge is 0.258 e. The first-order valence-corrected chi connectivity index (χ1v) is 9.54. The van der Waals surface area contributed by atoms with Crippen molar-refractivity contribution in [2.45, 2.75) is 26.2 Å². The number of H-pyrrole nitrogens is 1. The lowest BCUT2D eigenvalue weighted by Gasteiger charge is -2.23. The number of benzene rings is 2. The Morgan fingerprint density at radius 3 is 2.20 bits per heavy atom. The third-order valence-electron chi connectivity index (χ3n) is 4.90. The van der Waals surface area contributed by atoms with Gasteiger partial charge in [0.1, 0.15) is 5.82 Å². The van der Waals surface area contributed by atoms with Crippen molar-refractivity contribution in [3.8, 4) is 0 Å². The van der Waals surface area contributed by atoms with Gasteiger partial charge in [0, 0.05) is 17.8 Å². The summed E-state index contributed by atoms with van der Waals surface area (Å²) >= 11 is 0. The summed E-state index contributed by atoms with van der Waals surface area (Å²) in [6, 6.07) is 14.8. The van der Waals surface area contributed by atoms with Crippen LogP contribution < -0.4 is 21.5 Å². The van der Waals surface area contributed by atoms with E-state index >= 15 is 0 Å². The highest BCUT2D eigenvalue weighted by molar-refractivity contribution is 6.04. The molecule has 0 saturated carbocycles. The molecular weight excluding hydrogens is 382 g/mol. The summed E-state index contributed by atoms with van der Waals surface area (Å²) in [6.07, 6.45) is -0.125. The molecule has 0 radical (unpaired) electrons. The second kappa shape index (κ2) is 7.82. The van der Waals surface area contributed by atoms with Crippen LogP contribution in [-0.2, 0) is 9.59 Å². The molecule has 0 aliphatic carbocycles. The molecule has 1 aliphatic rings. The van der Waals surface area contributed by atoms with Crippen LogP contribution in [0.1, 0.15) is 29.0 Å². The highest BCUT2D eigenvalue weighted by atomic mass is 16.2. The van der Waals surface area contributed by atoms with Crippen LogP contribution in [0.5, 0.6) is 0 Å². The zero-order valence-electron chi connectivity index (χ0n) is 16.6. The molecule has 0 fully saturated rings. The predicted molar refractivity (Wildman–Crippen MR) is 115 cm³/mol. The molecule has 2 aromatic carbocycles. The fourth-order valence-corrected chi connectivity index (χ4v) is 3.29. The van der Waals surface area contributed by atoms with Gasteiger partial charge in [0.15, 0.2) is 0 Å². The Kier molecular flexibility index (Phi) is 5.05. The second-order valence-corrected chi connectivity index (χ2v) is 7.33. The molecule has 1 aromatic heterocycles. The Hall–Kier alpha value is -3.94. The van der Waals surface area contributed by atoms with Gasteiger partial charge in [0.05, 0.1) is 11.5 Å². The van der Waals surface area contributed by atoms with Crippen molar-refractivity contribution in [2.75, 3.05) is 16.0 Å². The van der Waals surface area contributed by atoms with Crippen LogP contribution in [-0.4, -0.2) is 21.8 Å². The number of aryl methyl sites for hydroxylation is 2. The molecule has 0 saturated heterocycles. The monoisotopic (exact) mass is 403 g/mol. The lowest BCUT2D eigenvalue weighted by atomic mass is 9.92. The average molecular weight is 403 g/mol. The Labute approximate surface area is 172 Å². The van der Waals surface area contributed by atoms with Crippen LogP contribution in [0.4, 0.5) is 23.1 Å². The number of aromatic amines is 1. The molecular formula is C22H21N5O3. The maximum atomic E-state index is 12.8. The molecule has 152 valence electrons. The molecule has 2 amide bonds. The first kappa shape index (κ1) is 19.4. The number of carbonyl (C=O) groups excluding carboxylic acids is 2. The molecule has 3 aromatic rings. The SMILES string of the molecule is Cc1ccc(NC(=O)[C@@H]2CC(=O)Nc3nc(Nc4ccc(C)cc4)[nH]c(=O)c32)cc1. The molecule has 2 heterocycles. The number of anilines is 4. The quantitative estimate of drug-likeness (QED) is 0.534. The summed E-state index contributed by atoms with van der Waals surface area (Å²) in [5.41, 5.74) is 3.17. The van der Waals surface area contributed by atoms with Gasteiger partial charge < -0.3 is 16.0 Å². The summed E-state index contributed by atoms with van der Waals surface area (Å²) in [6.45, 7) is 3.92. The Morgan fingerprint density at radius 1 is 0.967 bits per heavy atom. The highest BCUT2D eigenvalue weighted by Gasteiger charge is 2.34. The third kappa shape index (κ3) is 4.07. The van der Waals surface area contributed by atoms with E-state index in [2.05, 4.69) is 25.9 Å².